The van der Waals surface area contributed by atoms with Crippen LogP contribution in [0, 0.1) is 0 Å². The molecule has 3 N–H and O–H groups in total. The van der Waals surface area contributed by atoms with Crippen molar-refractivity contribution in [1.82, 2.24) is 0 Å². The van der Waals surface area contributed by atoms with Gasteiger partial charge in [-0.1, -0.05) is 29.4 Å². The Morgan fingerprint density at radius 2 is 1.50 bits per heavy atom. The summed E-state index contributed by atoms with van der Waals surface area (Å²) in [6.07, 6.45) is 8.94. The van der Waals surface area contributed by atoms with Gasteiger partial charge in [-0.15, -0.1) is 0 Å². The van der Waals surface area contributed by atoms with E-state index in [0.29, 0.717) is 18.7 Å². The molecule has 0 radical (unpaired) electrons. The van der Waals surface area contributed by atoms with Gasteiger partial charge in [0.2, 0.25) is 0 Å². The number of oxime groups is 1. The van der Waals surface area contributed by atoms with Gasteiger partial charge in [-0.2, -0.15) is 4.57 Å². The average molecular weight is 508 g/mol. The van der Waals surface area contributed by atoms with E-state index < -0.39 is 5.91 Å². The summed E-state index contributed by atoms with van der Waals surface area (Å²) in [5, 5.41) is 11.8. The monoisotopic (exact) mass is 506 g/mol. The van der Waals surface area contributed by atoms with Crippen LogP contribution in [0.2, 0.25) is 0 Å². The first-order valence-electron chi connectivity index (χ1n) is 8.18. The maximum atomic E-state index is 11.4. The zero-order chi connectivity index (χ0) is 18.4. The third-order valence-corrected chi connectivity index (χ3v) is 4.05. The number of amides is 1. The molecule has 6 nitrogen and oxygen atoms in total. The van der Waals surface area contributed by atoms with Gasteiger partial charge in [0.05, 0.1) is 11.8 Å². The maximum Gasteiger partial charge on any atom is 0.254 e. The number of pyridine rings is 2. The Labute approximate surface area is 184 Å². The molecule has 28 heavy (non-hydrogen) atoms. The van der Waals surface area contributed by atoms with Gasteiger partial charge in [0.25, 0.3) is 5.91 Å². The van der Waals surface area contributed by atoms with Gasteiger partial charge in [0, 0.05) is 23.3 Å². The fourth-order valence-electron chi connectivity index (χ4n) is 2.81. The molecule has 8 heteroatoms. The first kappa shape index (κ1) is 23.5. The highest BCUT2D eigenvalue weighted by atomic mass is 79.9. The number of halogens is 2. The lowest BCUT2D eigenvalue weighted by Crippen LogP contribution is -3.00. The quantitative estimate of drug-likeness (QED) is 0.152. The van der Waals surface area contributed by atoms with Crippen molar-refractivity contribution >= 4 is 12.1 Å². The molecular formula is C20H20Br2N4O2. The van der Waals surface area contributed by atoms with Crippen LogP contribution in [-0.4, -0.2) is 17.3 Å². The first-order valence-corrected chi connectivity index (χ1v) is 8.18. The second-order valence-electron chi connectivity index (χ2n) is 5.95. The summed E-state index contributed by atoms with van der Waals surface area (Å²) in [5.41, 5.74) is 8.97. The van der Waals surface area contributed by atoms with Crippen molar-refractivity contribution in [2.45, 2.75) is 13.1 Å². The Morgan fingerprint density at radius 1 is 0.929 bits per heavy atom. The van der Waals surface area contributed by atoms with Crippen molar-refractivity contribution in [1.29, 1.82) is 0 Å². The van der Waals surface area contributed by atoms with Crippen molar-refractivity contribution in [2.24, 2.45) is 10.9 Å². The van der Waals surface area contributed by atoms with E-state index in [1.165, 1.54) is 6.21 Å². The molecule has 0 fully saturated rings. The number of nitrogens with zero attached hydrogens (tertiary/aromatic N) is 3. The van der Waals surface area contributed by atoms with Gasteiger partial charge >= 0.3 is 0 Å². The maximum absolute atomic E-state index is 11.4. The van der Waals surface area contributed by atoms with Crippen molar-refractivity contribution in [3.05, 3.63) is 95.6 Å². The molecule has 0 aliphatic heterocycles. The smallest absolute Gasteiger partial charge is 0.254 e. The summed E-state index contributed by atoms with van der Waals surface area (Å²) in [6, 6.07) is 15.4. The molecule has 0 unspecified atom stereocenters. The summed E-state index contributed by atoms with van der Waals surface area (Å²) >= 11 is 0. The van der Waals surface area contributed by atoms with E-state index in [1.54, 1.807) is 12.3 Å². The van der Waals surface area contributed by atoms with E-state index >= 15 is 0 Å². The largest absolute Gasteiger partial charge is 1.00 e. The molecular weight excluding hydrogens is 488 g/mol. The number of benzene rings is 1. The van der Waals surface area contributed by atoms with Crippen LogP contribution in [0.4, 0.5) is 0 Å². The molecule has 0 saturated carbocycles. The van der Waals surface area contributed by atoms with Crippen LogP contribution >= 0.6 is 0 Å². The predicted molar refractivity (Wildman–Crippen MR) is 95.8 cm³/mol. The predicted octanol–water partition coefficient (Wildman–Crippen LogP) is -4.73. The average Bonchev–Trinajstić information content (AvgIpc) is 2.64. The van der Waals surface area contributed by atoms with Gasteiger partial charge in [0.1, 0.15) is 5.56 Å². The Balaban J connectivity index is 0.00000196. The Bertz CT molecular complexity index is 964. The molecule has 0 aliphatic rings. The van der Waals surface area contributed by atoms with Crippen molar-refractivity contribution in [3.8, 4) is 0 Å². The van der Waals surface area contributed by atoms with E-state index in [0.717, 1.165) is 16.7 Å². The molecule has 146 valence electrons. The van der Waals surface area contributed by atoms with Crippen molar-refractivity contribution in [3.63, 3.8) is 0 Å². The van der Waals surface area contributed by atoms with Crippen LogP contribution in [0.5, 0.6) is 0 Å². The minimum absolute atomic E-state index is 0. The molecule has 0 spiro atoms. The topological polar surface area (TPSA) is 83.4 Å². The zero-order valence-electron chi connectivity index (χ0n) is 15.0. The number of nitrogens with two attached hydrogens (primary N) is 1. The molecule has 2 aromatic heterocycles. The minimum Gasteiger partial charge on any atom is -1.00 e. The number of rotatable bonds is 6. The van der Waals surface area contributed by atoms with Crippen LogP contribution in [0.15, 0.2) is 78.5 Å². The van der Waals surface area contributed by atoms with E-state index in [1.807, 2.05) is 58.1 Å². The second-order valence-corrected chi connectivity index (χ2v) is 5.95. The fraction of sp³-hybridized carbons (Fsp3) is 0.100. The highest BCUT2D eigenvalue weighted by Crippen LogP contribution is 2.08. The Hall–Kier alpha value is -2.58. The summed E-state index contributed by atoms with van der Waals surface area (Å²) in [5.74, 6) is -0.439. The van der Waals surface area contributed by atoms with E-state index in [-0.39, 0.29) is 34.0 Å². The molecule has 2 heterocycles. The van der Waals surface area contributed by atoms with Crippen LogP contribution in [0.25, 0.3) is 0 Å². The van der Waals surface area contributed by atoms with Crippen molar-refractivity contribution in [2.75, 3.05) is 0 Å². The van der Waals surface area contributed by atoms with Crippen LogP contribution in [-0.2, 0) is 13.1 Å². The minimum atomic E-state index is -0.439. The molecule has 1 aromatic carbocycles. The van der Waals surface area contributed by atoms with Crippen LogP contribution < -0.4 is 48.8 Å². The summed E-state index contributed by atoms with van der Waals surface area (Å²) in [4.78, 5) is 11.4. The molecule has 3 aromatic rings. The third-order valence-electron chi connectivity index (χ3n) is 4.05. The molecule has 0 aliphatic carbocycles. The van der Waals surface area contributed by atoms with E-state index in [2.05, 4.69) is 17.3 Å². The molecule has 0 bridgehead atoms. The van der Waals surface area contributed by atoms with Gasteiger partial charge in [0.15, 0.2) is 37.9 Å². The number of aromatic nitrogens is 2. The number of carbonyl (C=O) groups excluding carboxylic acids is 1. The standard InChI is InChI=1S/C20H18N4O2.2BrH/c21-20(25)19-8-4-10-24(15-19)14-18-7-2-1-6-17(18)13-23-9-3-5-16(12-23)11-22-26;;/h1-12,15H,13-14H2,(H-2,21,25,26);2*1H/b22-11+;;. The summed E-state index contributed by atoms with van der Waals surface area (Å²) < 4.78 is 3.97. The van der Waals surface area contributed by atoms with Crippen LogP contribution in [0.3, 0.4) is 0 Å². The lowest BCUT2D eigenvalue weighted by Gasteiger charge is -2.05. The second kappa shape index (κ2) is 11.3. The molecule has 0 saturated heterocycles. The van der Waals surface area contributed by atoms with E-state index in [4.69, 9.17) is 10.9 Å². The zero-order valence-corrected chi connectivity index (χ0v) is 18.1. The lowest BCUT2D eigenvalue weighted by atomic mass is 10.1. The molecule has 3 rings (SSSR count). The number of primary amides is 1. The normalized spacial score (nSPS) is 10.1. The third kappa shape index (κ3) is 6.24. The Kier molecular flexibility index (Phi) is 9.47. The number of hydrogen-bond donors (Lipinski definition) is 2. The lowest BCUT2D eigenvalue weighted by molar-refractivity contribution is -0.693. The van der Waals surface area contributed by atoms with Crippen molar-refractivity contribution < 1.29 is 53.1 Å². The van der Waals surface area contributed by atoms with Crippen LogP contribution in [0.1, 0.15) is 27.0 Å². The summed E-state index contributed by atoms with van der Waals surface area (Å²) in [6.45, 7) is 1.31. The van der Waals surface area contributed by atoms with Gasteiger partial charge < -0.3 is 44.9 Å². The van der Waals surface area contributed by atoms with E-state index in [9.17, 15) is 4.79 Å². The molecule has 1 amide bonds. The van der Waals surface area contributed by atoms with Gasteiger partial charge in [-0.3, -0.25) is 4.79 Å². The highest BCUT2D eigenvalue weighted by molar-refractivity contribution is 5.92. The fourth-order valence-corrected chi connectivity index (χ4v) is 2.81. The Morgan fingerprint density at radius 3 is 2.07 bits per heavy atom. The van der Waals surface area contributed by atoms with Gasteiger partial charge in [-0.05, 0) is 12.1 Å². The number of carbonyl (C=O) groups is 1. The first-order chi connectivity index (χ1) is 12.7. The highest BCUT2D eigenvalue weighted by Gasteiger charge is 2.13. The number of hydrogen-bond acceptors (Lipinski definition) is 3. The summed E-state index contributed by atoms with van der Waals surface area (Å²) in [7, 11) is 0. The van der Waals surface area contributed by atoms with Gasteiger partial charge in [-0.25, -0.2) is 4.57 Å². The molecule has 0 atom stereocenters. The SMILES string of the molecule is NC(=O)c1ccc[n+](Cc2ccccc2C[n+]2cccc(/C=N/O)c2)c1.[Br-].[Br-].